The predicted octanol–water partition coefficient (Wildman–Crippen LogP) is -0.345. The van der Waals surface area contributed by atoms with Gasteiger partial charge in [-0.1, -0.05) is 72.8 Å². The van der Waals surface area contributed by atoms with Crippen molar-refractivity contribution in [1.29, 1.82) is 0 Å². The Bertz CT molecular complexity index is 3900. The SMILES string of the molecule is C[C@H](N)C(=O)NC(Cc1ccc(O)cc1)C(=O)N[C@@H](C)C(=O)NC(Cc1ccc(O)cc1)C(=O)N[C@@H](C)C(=O)NC(Cc1ccc(O)cc1)C(=O)N[C@@H](C)C(=O)NC(Cc1ccc(O)cc1)C(=O)N[C@@H](C)C(=O)NC(Cc1ccc(O)cc1)C(=O)N[C@@H](C)C(=O)NC(C=O)Cc1ccc(O)cc1. The van der Waals surface area contributed by atoms with Crippen molar-refractivity contribution in [2.45, 2.75) is 153 Å². The van der Waals surface area contributed by atoms with Crippen LogP contribution in [0.4, 0.5) is 0 Å². The molecule has 0 saturated heterocycles. The van der Waals surface area contributed by atoms with E-state index in [4.69, 9.17) is 5.73 Å². The Kier molecular flexibility index (Phi) is 29.2. The van der Waals surface area contributed by atoms with Crippen LogP contribution < -0.4 is 64.2 Å². The van der Waals surface area contributed by atoms with E-state index in [2.05, 4.69) is 58.5 Å². The lowest BCUT2D eigenvalue weighted by atomic mass is 10.0. The molecule has 0 aromatic heterocycles. The quantitative estimate of drug-likeness (QED) is 0.0226. The average Bonchev–Trinajstić information content (AvgIpc) is 0.918. The average molecular weight is 1410 g/mol. The summed E-state index contributed by atoms with van der Waals surface area (Å²) in [6.45, 7) is 7.92. The third-order valence-electron chi connectivity index (χ3n) is 16.1. The Balaban J connectivity index is 1.14. The van der Waals surface area contributed by atoms with E-state index in [9.17, 15) is 88.2 Å². The summed E-state index contributed by atoms with van der Waals surface area (Å²) in [4.78, 5) is 165. The predicted molar refractivity (Wildman–Crippen MR) is 370 cm³/mol. The molecule has 19 N–H and O–H groups in total. The molecule has 0 aliphatic rings. The van der Waals surface area contributed by atoms with Crippen LogP contribution in [0.15, 0.2) is 146 Å². The molecule has 6 rings (SSSR count). The lowest BCUT2D eigenvalue weighted by molar-refractivity contribution is -0.135. The van der Waals surface area contributed by atoms with Gasteiger partial charge in [-0.05, 0) is 154 Å². The van der Waals surface area contributed by atoms with Crippen LogP contribution in [0.5, 0.6) is 34.5 Å². The number of aldehydes is 1. The topological polar surface area (TPSA) is 485 Å². The highest BCUT2D eigenvalue weighted by molar-refractivity contribution is 5.99. The van der Waals surface area contributed by atoms with Crippen molar-refractivity contribution in [2.75, 3.05) is 0 Å². The molecular weight excluding hydrogens is 1320 g/mol. The van der Waals surface area contributed by atoms with E-state index in [-0.39, 0.29) is 73.0 Å². The molecule has 11 amide bonds. The van der Waals surface area contributed by atoms with Gasteiger partial charge in [-0.3, -0.25) is 52.7 Å². The van der Waals surface area contributed by atoms with E-state index < -0.39 is 137 Å². The van der Waals surface area contributed by atoms with Crippen LogP contribution >= 0.6 is 0 Å². The monoisotopic (exact) mass is 1410 g/mol. The van der Waals surface area contributed by atoms with Gasteiger partial charge in [-0.2, -0.15) is 0 Å². The van der Waals surface area contributed by atoms with Crippen LogP contribution in [0, 0.1) is 0 Å². The third kappa shape index (κ3) is 25.3. The van der Waals surface area contributed by atoms with Gasteiger partial charge in [0.2, 0.25) is 65.0 Å². The van der Waals surface area contributed by atoms with Crippen molar-refractivity contribution < 1.29 is 88.2 Å². The number of hydrogen-bond donors (Lipinski definition) is 18. The van der Waals surface area contributed by atoms with Crippen molar-refractivity contribution in [2.24, 2.45) is 5.73 Å². The molecule has 0 radical (unpaired) electrons. The first kappa shape index (κ1) is 78.9. The summed E-state index contributed by atoms with van der Waals surface area (Å²) in [6.07, 6.45) is -0.416. The van der Waals surface area contributed by atoms with Gasteiger partial charge < -0.3 is 99.7 Å². The maximum Gasteiger partial charge on any atom is 0.243 e. The zero-order valence-corrected chi connectivity index (χ0v) is 56.8. The fourth-order valence-corrected chi connectivity index (χ4v) is 10.1. The smallest absolute Gasteiger partial charge is 0.243 e. The number of amides is 11. The molecule has 6 unspecified atom stereocenters. The van der Waals surface area contributed by atoms with E-state index in [1.165, 1.54) is 175 Å². The van der Waals surface area contributed by atoms with E-state index in [1.54, 1.807) is 12.1 Å². The van der Waals surface area contributed by atoms with Gasteiger partial charge in [0, 0.05) is 32.1 Å². The standard InChI is InChI=1S/C72H86N12O18/c1-38(73)62(92)80-57(32-45-9-21-52(87)22-10-45)68(98)75-40(3)64(94)82-59(34-47-13-25-54(89)26-14-47)70(100)77-42(5)66(96)84-61(36-49-17-29-56(91)30-18-49)72(102)78-43(6)67(97)83-60(35-48-15-27-55(90)28-16-48)71(101)76-41(4)65(95)81-58(33-46-11-23-53(88)24-12-46)69(99)74-39(2)63(93)79-50(37-85)31-44-7-19-51(86)20-8-44/h7-30,37-43,50,57-61,86-91H,31-36,73H2,1-6H3,(H,74,99)(H,75,98)(H,76,101)(H,77,100)(H,78,102)(H,79,93)(H,80,92)(H,81,95)(H,82,94)(H,83,97)(H,84,96)/t38-,39-,40-,41-,42-,43-,50?,57?,58?,59?,60?,61?/m0/s1. The minimum atomic E-state index is -1.52. The molecule has 542 valence electrons. The Morgan fingerprint density at radius 2 is 0.431 bits per heavy atom. The summed E-state index contributed by atoms with van der Waals surface area (Å²) in [6, 6.07) is 18.2. The van der Waals surface area contributed by atoms with Crippen LogP contribution in [0.3, 0.4) is 0 Å². The largest absolute Gasteiger partial charge is 0.508 e. The van der Waals surface area contributed by atoms with E-state index in [1.807, 2.05) is 0 Å². The normalized spacial score (nSPS) is 14.5. The number of rotatable bonds is 35. The van der Waals surface area contributed by atoms with E-state index >= 15 is 0 Å². The molecule has 30 nitrogen and oxygen atoms in total. The molecule has 0 spiro atoms. The second-order valence-electron chi connectivity index (χ2n) is 24.7. The molecule has 0 bridgehead atoms. The van der Waals surface area contributed by atoms with Gasteiger partial charge in [-0.15, -0.1) is 0 Å². The molecule has 6 aromatic rings. The number of benzene rings is 6. The summed E-state index contributed by atoms with van der Waals surface area (Å²) >= 11 is 0. The third-order valence-corrected chi connectivity index (χ3v) is 16.1. The van der Waals surface area contributed by atoms with Crippen LogP contribution in [0.1, 0.15) is 74.9 Å². The number of phenols is 6. The van der Waals surface area contributed by atoms with Crippen LogP contribution in [0.25, 0.3) is 0 Å². The minimum absolute atomic E-state index is 0.00151. The molecule has 0 fully saturated rings. The molecule has 102 heavy (non-hydrogen) atoms. The molecule has 0 heterocycles. The van der Waals surface area contributed by atoms with Crippen molar-refractivity contribution >= 4 is 71.3 Å². The summed E-state index contributed by atoms with van der Waals surface area (Å²) in [5.74, 6) is -10.0. The second-order valence-corrected chi connectivity index (χ2v) is 24.7. The van der Waals surface area contributed by atoms with Crippen LogP contribution in [0.2, 0.25) is 0 Å². The number of aromatic hydroxyl groups is 6. The van der Waals surface area contributed by atoms with Gasteiger partial charge in [0.05, 0.1) is 12.1 Å². The maximum absolute atomic E-state index is 14.4. The van der Waals surface area contributed by atoms with Crippen LogP contribution in [-0.4, -0.2) is 174 Å². The number of carbonyl (C=O) groups excluding carboxylic acids is 12. The lowest BCUT2D eigenvalue weighted by Crippen LogP contribution is -2.60. The van der Waals surface area contributed by atoms with Crippen molar-refractivity contribution in [3.05, 3.63) is 179 Å². The summed E-state index contributed by atoms with van der Waals surface area (Å²) < 4.78 is 0. The molecule has 12 atom stereocenters. The van der Waals surface area contributed by atoms with E-state index in [0.29, 0.717) is 39.7 Å². The Hall–Kier alpha value is -12.1. The molecule has 30 heteroatoms. The number of carbonyl (C=O) groups is 12. The maximum atomic E-state index is 14.4. The zero-order chi connectivity index (χ0) is 74.9. The molecular formula is C72H86N12O18. The molecule has 0 aliphatic heterocycles. The lowest BCUT2D eigenvalue weighted by Gasteiger charge is -2.27. The second kappa shape index (κ2) is 37.8. The summed E-state index contributed by atoms with van der Waals surface area (Å²) in [5, 5.41) is 87.7. The van der Waals surface area contributed by atoms with Crippen molar-refractivity contribution in [3.8, 4) is 34.5 Å². The van der Waals surface area contributed by atoms with Crippen LogP contribution in [-0.2, 0) is 96.1 Å². The van der Waals surface area contributed by atoms with Gasteiger partial charge in [0.25, 0.3) is 0 Å². The first-order chi connectivity index (χ1) is 48.3. The van der Waals surface area contributed by atoms with Gasteiger partial charge in [0.1, 0.15) is 101 Å². The summed E-state index contributed by atoms with van der Waals surface area (Å²) in [5.41, 5.74) is 8.64. The Morgan fingerprint density at radius 3 is 0.608 bits per heavy atom. The van der Waals surface area contributed by atoms with Gasteiger partial charge in [-0.25, -0.2) is 0 Å². The van der Waals surface area contributed by atoms with E-state index in [0.717, 1.165) is 0 Å². The van der Waals surface area contributed by atoms with Gasteiger partial charge in [0.15, 0.2) is 0 Å². The van der Waals surface area contributed by atoms with Gasteiger partial charge >= 0.3 is 0 Å². The highest BCUT2D eigenvalue weighted by Gasteiger charge is 2.35. The number of phenolic OH excluding ortho intramolecular Hbond substituents is 6. The molecule has 0 saturated carbocycles. The number of nitrogens with one attached hydrogen (secondary N) is 11. The first-order valence-corrected chi connectivity index (χ1v) is 32.6. The minimum Gasteiger partial charge on any atom is -0.508 e. The first-order valence-electron chi connectivity index (χ1n) is 32.6. The summed E-state index contributed by atoms with van der Waals surface area (Å²) in [7, 11) is 0. The fraction of sp³-hybridized carbons (Fsp3) is 0.333. The van der Waals surface area contributed by atoms with Crippen molar-refractivity contribution in [3.63, 3.8) is 0 Å². The number of hydrogen-bond acceptors (Lipinski definition) is 19. The Morgan fingerprint density at radius 1 is 0.265 bits per heavy atom. The Labute approximate surface area is 587 Å². The highest BCUT2D eigenvalue weighted by Crippen LogP contribution is 2.18. The zero-order valence-electron chi connectivity index (χ0n) is 56.8. The fourth-order valence-electron chi connectivity index (χ4n) is 10.1. The molecule has 0 aliphatic carbocycles. The molecule has 6 aromatic carbocycles. The highest BCUT2D eigenvalue weighted by atomic mass is 16.3. The number of nitrogens with two attached hydrogens (primary N) is 1. The van der Waals surface area contributed by atoms with Crippen molar-refractivity contribution in [1.82, 2.24) is 58.5 Å².